The molecule has 1 atom stereocenters. The van der Waals surface area contributed by atoms with E-state index in [0.29, 0.717) is 18.8 Å². The Kier molecular flexibility index (Phi) is 5.07. The largest absolute Gasteiger partial charge is 0.342 e. The number of H-pyrrole nitrogens is 1. The summed E-state index contributed by atoms with van der Waals surface area (Å²) in [4.78, 5) is 13.7. The van der Waals surface area contributed by atoms with Crippen LogP contribution in [0.25, 0.3) is 0 Å². The number of aryl methyl sites for hydroxylation is 1. The summed E-state index contributed by atoms with van der Waals surface area (Å²) in [6, 6.07) is -0.806. The average Bonchev–Trinajstić information content (AvgIpc) is 2.77. The van der Waals surface area contributed by atoms with Crippen molar-refractivity contribution in [2.45, 2.75) is 38.6 Å². The number of carbonyl (C=O) groups is 1. The minimum absolute atomic E-state index is 0.0618. The summed E-state index contributed by atoms with van der Waals surface area (Å²) in [6.45, 7) is 7.94. The molecule has 0 aliphatic carbocycles. The lowest BCUT2D eigenvalue weighted by atomic mass is 10.3. The summed E-state index contributed by atoms with van der Waals surface area (Å²) in [7, 11) is -3.73. The molecule has 0 radical (unpaired) electrons. The van der Waals surface area contributed by atoms with Crippen LogP contribution in [0.5, 0.6) is 0 Å². The Balaban J connectivity index is 2.85. The van der Waals surface area contributed by atoms with E-state index in [9.17, 15) is 13.2 Å². The molecule has 108 valence electrons. The number of hydrogen-bond acceptors (Lipinski definition) is 4. The Labute approximate surface area is 113 Å². The van der Waals surface area contributed by atoms with E-state index < -0.39 is 16.1 Å². The van der Waals surface area contributed by atoms with Gasteiger partial charge in [-0.2, -0.15) is 9.82 Å². The summed E-state index contributed by atoms with van der Waals surface area (Å²) in [5.41, 5.74) is 0.440. The lowest BCUT2D eigenvalue weighted by Gasteiger charge is -2.23. The van der Waals surface area contributed by atoms with Crippen molar-refractivity contribution >= 4 is 15.9 Å². The fourth-order valence-corrected chi connectivity index (χ4v) is 3.10. The topological polar surface area (TPSA) is 95.2 Å². The molecule has 1 aromatic rings. The van der Waals surface area contributed by atoms with Crippen LogP contribution in [0.3, 0.4) is 0 Å². The van der Waals surface area contributed by atoms with E-state index in [1.807, 2.05) is 13.8 Å². The van der Waals surface area contributed by atoms with Gasteiger partial charge in [-0.05, 0) is 27.7 Å². The van der Waals surface area contributed by atoms with Crippen molar-refractivity contribution in [1.29, 1.82) is 0 Å². The fraction of sp³-hybridized carbons (Fsp3) is 0.636. The van der Waals surface area contributed by atoms with E-state index in [2.05, 4.69) is 14.9 Å². The van der Waals surface area contributed by atoms with Gasteiger partial charge < -0.3 is 4.90 Å². The molecule has 0 bridgehead atoms. The summed E-state index contributed by atoms with van der Waals surface area (Å²) < 4.78 is 26.5. The molecule has 2 N–H and O–H groups in total. The van der Waals surface area contributed by atoms with Gasteiger partial charge in [0.15, 0.2) is 0 Å². The van der Waals surface area contributed by atoms with E-state index in [0.717, 1.165) is 0 Å². The van der Waals surface area contributed by atoms with E-state index in [4.69, 9.17) is 0 Å². The molecule has 1 amide bonds. The average molecular weight is 288 g/mol. The van der Waals surface area contributed by atoms with Gasteiger partial charge in [0.1, 0.15) is 4.90 Å². The number of likely N-dealkylation sites (N-methyl/N-ethyl adjacent to an activating group) is 1. The highest BCUT2D eigenvalue weighted by Gasteiger charge is 2.26. The maximum Gasteiger partial charge on any atom is 0.244 e. The number of rotatable bonds is 6. The van der Waals surface area contributed by atoms with Crippen molar-refractivity contribution in [2.75, 3.05) is 13.1 Å². The summed E-state index contributed by atoms with van der Waals surface area (Å²) in [6.07, 6.45) is 1.23. The minimum Gasteiger partial charge on any atom is -0.342 e. The molecule has 7 nitrogen and oxygen atoms in total. The molecule has 0 fully saturated rings. The van der Waals surface area contributed by atoms with E-state index in [1.165, 1.54) is 13.1 Å². The summed E-state index contributed by atoms with van der Waals surface area (Å²) >= 11 is 0. The first kappa shape index (κ1) is 15.6. The monoisotopic (exact) mass is 288 g/mol. The van der Waals surface area contributed by atoms with Crippen LogP contribution in [-0.4, -0.2) is 48.6 Å². The maximum absolute atomic E-state index is 12.1. The van der Waals surface area contributed by atoms with Crippen LogP contribution in [0.15, 0.2) is 11.1 Å². The van der Waals surface area contributed by atoms with Crippen molar-refractivity contribution in [1.82, 2.24) is 19.8 Å². The highest BCUT2D eigenvalue weighted by Crippen LogP contribution is 2.11. The zero-order valence-electron chi connectivity index (χ0n) is 11.6. The van der Waals surface area contributed by atoms with Gasteiger partial charge >= 0.3 is 0 Å². The van der Waals surface area contributed by atoms with Crippen LogP contribution in [0.2, 0.25) is 0 Å². The number of hydrogen-bond donors (Lipinski definition) is 2. The van der Waals surface area contributed by atoms with Crippen LogP contribution in [-0.2, 0) is 14.8 Å². The van der Waals surface area contributed by atoms with Crippen molar-refractivity contribution in [3.8, 4) is 0 Å². The van der Waals surface area contributed by atoms with E-state index >= 15 is 0 Å². The van der Waals surface area contributed by atoms with E-state index in [1.54, 1.807) is 11.8 Å². The highest BCUT2D eigenvalue weighted by molar-refractivity contribution is 7.89. The van der Waals surface area contributed by atoms with E-state index in [-0.39, 0.29) is 10.8 Å². The standard InChI is InChI=1S/C11H20N4O3S/c1-5-15(6-2)11(16)9(4)14-19(17,18)10-7-12-13-8(10)3/h7,9,14H,5-6H2,1-4H3,(H,12,13). The Bertz CT molecular complexity index is 534. The summed E-state index contributed by atoms with van der Waals surface area (Å²) in [5, 5.41) is 6.23. The number of aromatic nitrogens is 2. The predicted molar refractivity (Wildman–Crippen MR) is 71.0 cm³/mol. The second-order valence-corrected chi connectivity index (χ2v) is 5.90. The molecule has 0 saturated carbocycles. The number of carbonyl (C=O) groups excluding carboxylic acids is 1. The maximum atomic E-state index is 12.1. The molecule has 19 heavy (non-hydrogen) atoms. The molecule has 1 heterocycles. The van der Waals surface area contributed by atoms with Crippen molar-refractivity contribution in [2.24, 2.45) is 0 Å². The first-order valence-corrected chi connectivity index (χ1v) is 7.62. The number of sulfonamides is 1. The molecule has 1 rings (SSSR count). The molecule has 0 aliphatic heterocycles. The third kappa shape index (κ3) is 3.54. The summed E-state index contributed by atoms with van der Waals surface area (Å²) in [5.74, 6) is -0.241. The van der Waals surface area contributed by atoms with Gasteiger partial charge in [-0.3, -0.25) is 9.89 Å². The fourth-order valence-electron chi connectivity index (χ4n) is 1.77. The van der Waals surface area contributed by atoms with Gasteiger partial charge in [0.2, 0.25) is 15.9 Å². The lowest BCUT2D eigenvalue weighted by Crippen LogP contribution is -2.46. The van der Waals surface area contributed by atoms with Gasteiger partial charge in [0.25, 0.3) is 0 Å². The third-order valence-corrected chi connectivity index (χ3v) is 4.51. The van der Waals surface area contributed by atoms with Crippen LogP contribution in [0, 0.1) is 6.92 Å². The second kappa shape index (κ2) is 6.16. The Hall–Kier alpha value is -1.41. The van der Waals surface area contributed by atoms with Gasteiger partial charge in [-0.15, -0.1) is 0 Å². The molecular weight excluding hydrogens is 268 g/mol. The smallest absolute Gasteiger partial charge is 0.244 e. The molecule has 1 unspecified atom stereocenters. The van der Waals surface area contributed by atoms with Crippen LogP contribution < -0.4 is 4.72 Å². The number of amides is 1. The van der Waals surface area contributed by atoms with Crippen LogP contribution >= 0.6 is 0 Å². The highest BCUT2D eigenvalue weighted by atomic mass is 32.2. The van der Waals surface area contributed by atoms with Crippen molar-refractivity contribution < 1.29 is 13.2 Å². The normalized spacial score (nSPS) is 13.3. The Morgan fingerprint density at radius 3 is 2.47 bits per heavy atom. The van der Waals surface area contributed by atoms with Gasteiger partial charge in [-0.25, -0.2) is 8.42 Å². The Morgan fingerprint density at radius 1 is 1.47 bits per heavy atom. The van der Waals surface area contributed by atoms with Gasteiger partial charge in [0.05, 0.1) is 17.9 Å². The molecule has 0 aromatic carbocycles. The SMILES string of the molecule is CCN(CC)C(=O)C(C)NS(=O)(=O)c1cn[nH]c1C. The lowest BCUT2D eigenvalue weighted by molar-refractivity contribution is -0.132. The molecular formula is C11H20N4O3S. The van der Waals surface area contributed by atoms with Gasteiger partial charge in [0, 0.05) is 13.1 Å². The molecule has 8 heteroatoms. The molecule has 0 saturated heterocycles. The number of aromatic amines is 1. The molecule has 0 aliphatic rings. The third-order valence-electron chi connectivity index (χ3n) is 2.85. The van der Waals surface area contributed by atoms with Crippen molar-refractivity contribution in [3.63, 3.8) is 0 Å². The predicted octanol–water partition coefficient (Wildman–Crippen LogP) is 0.253. The minimum atomic E-state index is -3.73. The van der Waals surface area contributed by atoms with Gasteiger partial charge in [-0.1, -0.05) is 0 Å². The Morgan fingerprint density at radius 2 is 2.05 bits per heavy atom. The van der Waals surface area contributed by atoms with Crippen molar-refractivity contribution in [3.05, 3.63) is 11.9 Å². The van der Waals surface area contributed by atoms with Crippen LogP contribution in [0.4, 0.5) is 0 Å². The van der Waals surface area contributed by atoms with Crippen LogP contribution in [0.1, 0.15) is 26.5 Å². The zero-order valence-corrected chi connectivity index (χ0v) is 12.4. The first-order valence-electron chi connectivity index (χ1n) is 6.14. The quantitative estimate of drug-likeness (QED) is 0.784. The first-order chi connectivity index (χ1) is 8.83. The zero-order chi connectivity index (χ0) is 14.6. The molecule has 0 spiro atoms. The molecule has 1 aromatic heterocycles. The number of nitrogens with one attached hydrogen (secondary N) is 2. The second-order valence-electron chi connectivity index (χ2n) is 4.21. The number of nitrogens with zero attached hydrogens (tertiary/aromatic N) is 2.